The van der Waals surface area contributed by atoms with Crippen LogP contribution in [0.5, 0.6) is 11.5 Å². The van der Waals surface area contributed by atoms with E-state index in [1.807, 2.05) is 25.1 Å². The van der Waals surface area contributed by atoms with Gasteiger partial charge in [-0.1, -0.05) is 29.8 Å². The van der Waals surface area contributed by atoms with E-state index in [9.17, 15) is 0 Å². The summed E-state index contributed by atoms with van der Waals surface area (Å²) in [5, 5.41) is 0.705. The van der Waals surface area contributed by atoms with E-state index in [0.29, 0.717) is 11.6 Å². The summed E-state index contributed by atoms with van der Waals surface area (Å²) in [4.78, 5) is 0. The molecular formula is C17H20ClNO. The van der Waals surface area contributed by atoms with Crippen molar-refractivity contribution in [3.63, 3.8) is 0 Å². The van der Waals surface area contributed by atoms with Crippen LogP contribution in [0, 0.1) is 20.8 Å². The van der Waals surface area contributed by atoms with Crippen LogP contribution in [0.15, 0.2) is 30.3 Å². The van der Waals surface area contributed by atoms with E-state index in [1.165, 1.54) is 5.56 Å². The molecule has 2 N–H and O–H groups in total. The normalized spacial score (nSPS) is 10.7. The van der Waals surface area contributed by atoms with Crippen LogP contribution in [0.1, 0.15) is 22.3 Å². The molecule has 0 aromatic heterocycles. The molecule has 0 spiro atoms. The average Bonchev–Trinajstić information content (AvgIpc) is 2.42. The smallest absolute Gasteiger partial charge is 0.133 e. The van der Waals surface area contributed by atoms with Gasteiger partial charge in [0.1, 0.15) is 11.5 Å². The van der Waals surface area contributed by atoms with Gasteiger partial charge < -0.3 is 10.5 Å². The zero-order valence-corrected chi connectivity index (χ0v) is 12.9. The minimum Gasteiger partial charge on any atom is -0.457 e. The summed E-state index contributed by atoms with van der Waals surface area (Å²) in [5.74, 6) is 1.67. The average molecular weight is 290 g/mol. The van der Waals surface area contributed by atoms with E-state index in [1.54, 1.807) is 0 Å². The quantitative estimate of drug-likeness (QED) is 0.895. The van der Waals surface area contributed by atoms with Crippen molar-refractivity contribution in [2.24, 2.45) is 5.73 Å². The first kappa shape index (κ1) is 14.9. The van der Waals surface area contributed by atoms with Crippen molar-refractivity contribution >= 4 is 11.6 Å². The number of nitrogens with two attached hydrogens (primary N) is 1. The number of aryl methyl sites for hydroxylation is 2. The number of benzene rings is 2. The molecule has 0 amide bonds. The van der Waals surface area contributed by atoms with Gasteiger partial charge in [0.05, 0.1) is 0 Å². The first-order chi connectivity index (χ1) is 9.52. The van der Waals surface area contributed by atoms with Crippen LogP contribution >= 0.6 is 11.6 Å². The maximum atomic E-state index is 6.25. The van der Waals surface area contributed by atoms with Crippen molar-refractivity contribution in [2.45, 2.75) is 27.2 Å². The highest BCUT2D eigenvalue weighted by molar-refractivity contribution is 6.31. The molecule has 3 heteroatoms. The summed E-state index contributed by atoms with van der Waals surface area (Å²) in [6.45, 7) is 6.79. The predicted octanol–water partition coefficient (Wildman–Crippen LogP) is 4.56. The highest BCUT2D eigenvalue weighted by Gasteiger charge is 2.09. The van der Waals surface area contributed by atoms with Crippen molar-refractivity contribution in [3.8, 4) is 11.5 Å². The van der Waals surface area contributed by atoms with Crippen LogP contribution in [0.3, 0.4) is 0 Å². The van der Waals surface area contributed by atoms with Gasteiger partial charge in [-0.3, -0.25) is 0 Å². The third-order valence-electron chi connectivity index (χ3n) is 3.53. The lowest BCUT2D eigenvalue weighted by Gasteiger charge is -2.14. The van der Waals surface area contributed by atoms with Gasteiger partial charge in [0.2, 0.25) is 0 Å². The maximum absolute atomic E-state index is 6.25. The Morgan fingerprint density at radius 3 is 2.40 bits per heavy atom. The van der Waals surface area contributed by atoms with Gasteiger partial charge in [-0.2, -0.15) is 0 Å². The Bertz CT molecular complexity index is 623. The Labute approximate surface area is 125 Å². The lowest BCUT2D eigenvalue weighted by Crippen LogP contribution is -2.03. The Morgan fingerprint density at radius 1 is 1.05 bits per heavy atom. The van der Waals surface area contributed by atoms with Crippen LogP contribution in [-0.2, 0) is 6.42 Å². The Hall–Kier alpha value is -1.51. The van der Waals surface area contributed by atoms with Gasteiger partial charge in [0, 0.05) is 5.02 Å². The number of hydrogen-bond acceptors (Lipinski definition) is 2. The summed E-state index contributed by atoms with van der Waals surface area (Å²) < 4.78 is 6.02. The summed E-state index contributed by atoms with van der Waals surface area (Å²) in [6.07, 6.45) is 0.779. The second-order valence-electron chi connectivity index (χ2n) is 5.05. The molecule has 0 radical (unpaired) electrons. The van der Waals surface area contributed by atoms with Gasteiger partial charge in [0.15, 0.2) is 0 Å². The van der Waals surface area contributed by atoms with Crippen LogP contribution < -0.4 is 10.5 Å². The van der Waals surface area contributed by atoms with Gasteiger partial charge in [-0.05, 0) is 68.1 Å². The molecule has 0 unspecified atom stereocenters. The molecule has 0 atom stereocenters. The number of halogens is 1. The van der Waals surface area contributed by atoms with E-state index in [0.717, 1.165) is 34.6 Å². The van der Waals surface area contributed by atoms with Crippen LogP contribution in [0.25, 0.3) is 0 Å². The lowest BCUT2D eigenvalue weighted by molar-refractivity contribution is 0.474. The maximum Gasteiger partial charge on any atom is 0.133 e. The summed E-state index contributed by atoms with van der Waals surface area (Å²) in [7, 11) is 0. The van der Waals surface area contributed by atoms with Gasteiger partial charge in [-0.15, -0.1) is 0 Å². The summed E-state index contributed by atoms with van der Waals surface area (Å²) >= 11 is 6.25. The van der Waals surface area contributed by atoms with Crippen molar-refractivity contribution in [1.82, 2.24) is 0 Å². The molecule has 2 aromatic carbocycles. The first-order valence-corrected chi connectivity index (χ1v) is 7.14. The fourth-order valence-corrected chi connectivity index (χ4v) is 2.42. The van der Waals surface area contributed by atoms with E-state index in [2.05, 4.69) is 26.0 Å². The molecule has 2 nitrogen and oxygen atoms in total. The fourth-order valence-electron chi connectivity index (χ4n) is 2.15. The SMILES string of the molecule is Cc1ccc(C)c(Oc2ccc(CCN)c(Cl)c2)c1C. The molecule has 2 aromatic rings. The first-order valence-electron chi connectivity index (χ1n) is 6.76. The number of ether oxygens (including phenoxy) is 1. The summed E-state index contributed by atoms with van der Waals surface area (Å²) in [5.41, 5.74) is 10.1. The van der Waals surface area contributed by atoms with E-state index >= 15 is 0 Å². The molecule has 106 valence electrons. The van der Waals surface area contributed by atoms with Gasteiger partial charge in [-0.25, -0.2) is 0 Å². The molecule has 2 rings (SSSR count). The number of hydrogen-bond donors (Lipinski definition) is 1. The van der Waals surface area contributed by atoms with Crippen LogP contribution in [-0.4, -0.2) is 6.54 Å². The second-order valence-corrected chi connectivity index (χ2v) is 5.45. The monoisotopic (exact) mass is 289 g/mol. The van der Waals surface area contributed by atoms with E-state index in [4.69, 9.17) is 22.1 Å². The molecule has 0 fully saturated rings. The molecule has 0 saturated carbocycles. The third-order valence-corrected chi connectivity index (χ3v) is 3.88. The minimum absolute atomic E-state index is 0.593. The number of rotatable bonds is 4. The van der Waals surface area contributed by atoms with Crippen molar-refractivity contribution in [1.29, 1.82) is 0 Å². The topological polar surface area (TPSA) is 35.2 Å². The summed E-state index contributed by atoms with van der Waals surface area (Å²) in [6, 6.07) is 9.95. The van der Waals surface area contributed by atoms with Crippen molar-refractivity contribution < 1.29 is 4.74 Å². The highest BCUT2D eigenvalue weighted by atomic mass is 35.5. The molecular weight excluding hydrogens is 270 g/mol. The molecule has 20 heavy (non-hydrogen) atoms. The van der Waals surface area contributed by atoms with E-state index < -0.39 is 0 Å². The Kier molecular flexibility index (Phi) is 4.69. The molecule has 0 heterocycles. The Morgan fingerprint density at radius 2 is 1.75 bits per heavy atom. The second kappa shape index (κ2) is 6.29. The lowest BCUT2D eigenvalue weighted by atomic mass is 10.1. The standard InChI is InChI=1S/C17H20ClNO/c1-11-4-5-12(2)17(13(11)3)20-15-7-6-14(8-9-19)16(18)10-15/h4-7,10H,8-9,19H2,1-3H3. The zero-order valence-electron chi connectivity index (χ0n) is 12.2. The van der Waals surface area contributed by atoms with Crippen molar-refractivity contribution in [2.75, 3.05) is 6.54 Å². The minimum atomic E-state index is 0.593. The fraction of sp³-hybridized carbons (Fsp3) is 0.294. The van der Waals surface area contributed by atoms with Crippen molar-refractivity contribution in [3.05, 3.63) is 57.6 Å². The van der Waals surface area contributed by atoms with Crippen LogP contribution in [0.2, 0.25) is 5.02 Å². The zero-order chi connectivity index (χ0) is 14.7. The van der Waals surface area contributed by atoms with Gasteiger partial charge in [0.25, 0.3) is 0 Å². The predicted molar refractivity (Wildman–Crippen MR) is 84.9 cm³/mol. The largest absolute Gasteiger partial charge is 0.457 e. The third kappa shape index (κ3) is 3.14. The Balaban J connectivity index is 2.31. The molecule has 0 aliphatic carbocycles. The van der Waals surface area contributed by atoms with E-state index in [-0.39, 0.29) is 0 Å². The van der Waals surface area contributed by atoms with Gasteiger partial charge >= 0.3 is 0 Å². The van der Waals surface area contributed by atoms with Crippen LogP contribution in [0.4, 0.5) is 0 Å². The molecule has 0 bridgehead atoms. The molecule has 0 saturated heterocycles. The molecule has 0 aliphatic rings. The molecule has 0 aliphatic heterocycles. The highest BCUT2D eigenvalue weighted by Crippen LogP contribution is 2.32.